The number of carbonyl (C=O) groups excluding carboxylic acids is 2. The zero-order valence-electron chi connectivity index (χ0n) is 19.2. The highest BCUT2D eigenvalue weighted by molar-refractivity contribution is 6.02. The molecule has 8 nitrogen and oxygen atoms in total. The third-order valence-corrected chi connectivity index (χ3v) is 5.51. The first-order chi connectivity index (χ1) is 17.1. The van der Waals surface area contributed by atoms with Crippen LogP contribution in [0.4, 0.5) is 15.9 Å². The maximum Gasteiger partial charge on any atom is 0.293 e. The van der Waals surface area contributed by atoms with Crippen molar-refractivity contribution >= 4 is 34.7 Å². The second-order valence-electron chi connectivity index (χ2n) is 7.93. The molecule has 0 atom stereocenters. The zero-order chi connectivity index (χ0) is 24.6. The summed E-state index contributed by atoms with van der Waals surface area (Å²) in [4.78, 5) is 37.0. The Hall–Kier alpha value is -4.40. The van der Waals surface area contributed by atoms with E-state index in [2.05, 4.69) is 25.5 Å². The van der Waals surface area contributed by atoms with Crippen LogP contribution in [0.15, 0.2) is 67.0 Å². The van der Waals surface area contributed by atoms with Gasteiger partial charge in [-0.3, -0.25) is 9.59 Å². The Bertz CT molecular complexity index is 1310. The largest absolute Gasteiger partial charge is 0.362 e. The van der Waals surface area contributed by atoms with Crippen LogP contribution in [0.5, 0.6) is 0 Å². The molecule has 0 aliphatic carbocycles. The molecule has 2 N–H and O–H groups in total. The third-order valence-electron chi connectivity index (χ3n) is 5.51. The first kappa shape index (κ1) is 23.7. The number of amides is 2. The van der Waals surface area contributed by atoms with Gasteiger partial charge < -0.3 is 15.5 Å². The van der Waals surface area contributed by atoms with Gasteiger partial charge in [-0.1, -0.05) is 12.1 Å². The lowest BCUT2D eigenvalue weighted by Gasteiger charge is -2.16. The molecule has 35 heavy (non-hydrogen) atoms. The van der Waals surface area contributed by atoms with Crippen LogP contribution in [0, 0.1) is 5.82 Å². The Morgan fingerprint density at radius 3 is 2.31 bits per heavy atom. The van der Waals surface area contributed by atoms with Crippen LogP contribution >= 0.6 is 0 Å². The van der Waals surface area contributed by atoms with Gasteiger partial charge in [0.1, 0.15) is 11.6 Å². The zero-order valence-corrected chi connectivity index (χ0v) is 19.2. The van der Waals surface area contributed by atoms with Crippen LogP contribution in [0.3, 0.4) is 0 Å². The molecule has 2 amide bonds. The average Bonchev–Trinajstić information content (AvgIpc) is 3.44. The lowest BCUT2D eigenvalue weighted by molar-refractivity contribution is -0.109. The van der Waals surface area contributed by atoms with E-state index in [0.29, 0.717) is 17.7 Å². The van der Waals surface area contributed by atoms with Crippen molar-refractivity contribution in [2.75, 3.05) is 30.4 Å². The molecule has 3 heterocycles. The lowest BCUT2D eigenvalue weighted by atomic mass is 10.1. The topological polar surface area (TPSA) is 100 Å². The summed E-state index contributed by atoms with van der Waals surface area (Å²) in [6, 6.07) is 15.7. The van der Waals surface area contributed by atoms with Gasteiger partial charge in [-0.2, -0.15) is 0 Å². The van der Waals surface area contributed by atoms with Gasteiger partial charge in [0.25, 0.3) is 5.91 Å². The maximum absolute atomic E-state index is 13.1. The van der Waals surface area contributed by atoms with Crippen LogP contribution in [0.1, 0.15) is 23.5 Å². The number of halogens is 1. The highest BCUT2D eigenvalue weighted by atomic mass is 19.1. The molecule has 1 fully saturated rings. The minimum Gasteiger partial charge on any atom is -0.362 e. The van der Waals surface area contributed by atoms with Crippen molar-refractivity contribution in [1.29, 1.82) is 0 Å². The third kappa shape index (κ3) is 5.94. The number of aromatic nitrogens is 3. The number of fused-ring (bicyclic) bond motifs is 1. The Balaban J connectivity index is 0.000000672. The SMILES string of the molecule is CNC=O.O=C(Nc1ccc2nc(N3CCCC3)ccc2c1)c1ncc(-c2ccc(F)cc2)cn1. The summed E-state index contributed by atoms with van der Waals surface area (Å²) >= 11 is 0. The maximum atomic E-state index is 13.1. The summed E-state index contributed by atoms with van der Waals surface area (Å²) in [6.07, 6.45) is 6.15. The van der Waals surface area contributed by atoms with E-state index in [4.69, 9.17) is 9.78 Å². The van der Waals surface area contributed by atoms with Crippen molar-refractivity contribution < 1.29 is 14.0 Å². The van der Waals surface area contributed by atoms with Gasteiger partial charge in [-0.25, -0.2) is 19.3 Å². The molecular weight excluding hydrogens is 447 g/mol. The van der Waals surface area contributed by atoms with E-state index in [9.17, 15) is 9.18 Å². The number of hydrogen-bond donors (Lipinski definition) is 2. The molecule has 9 heteroatoms. The number of nitrogens with one attached hydrogen (secondary N) is 2. The molecule has 0 spiro atoms. The molecule has 0 saturated carbocycles. The second kappa shape index (κ2) is 11.1. The first-order valence-corrected chi connectivity index (χ1v) is 11.2. The molecule has 1 aliphatic rings. The van der Waals surface area contributed by atoms with Crippen molar-refractivity contribution in [2.24, 2.45) is 0 Å². The van der Waals surface area contributed by atoms with Gasteiger partial charge in [-0.15, -0.1) is 0 Å². The predicted molar refractivity (Wildman–Crippen MR) is 134 cm³/mol. The summed E-state index contributed by atoms with van der Waals surface area (Å²) in [7, 11) is 1.56. The molecule has 178 valence electrons. The molecule has 2 aromatic heterocycles. The van der Waals surface area contributed by atoms with Crippen molar-refractivity contribution in [2.45, 2.75) is 12.8 Å². The molecule has 0 bridgehead atoms. The van der Waals surface area contributed by atoms with Gasteiger partial charge in [0.05, 0.1) is 5.52 Å². The van der Waals surface area contributed by atoms with Gasteiger partial charge in [-0.05, 0) is 60.9 Å². The molecule has 1 aliphatic heterocycles. The minimum absolute atomic E-state index is 0.0634. The highest BCUT2D eigenvalue weighted by Crippen LogP contribution is 2.24. The smallest absolute Gasteiger partial charge is 0.293 e. The first-order valence-electron chi connectivity index (χ1n) is 11.2. The van der Waals surface area contributed by atoms with Gasteiger partial charge >= 0.3 is 0 Å². The summed E-state index contributed by atoms with van der Waals surface area (Å²) in [6.45, 7) is 2.10. The van der Waals surface area contributed by atoms with Gasteiger partial charge in [0.2, 0.25) is 12.2 Å². The van der Waals surface area contributed by atoms with Crippen molar-refractivity contribution in [3.63, 3.8) is 0 Å². The Kier molecular flexibility index (Phi) is 7.57. The monoisotopic (exact) mass is 472 g/mol. The Morgan fingerprint density at radius 2 is 1.66 bits per heavy atom. The highest BCUT2D eigenvalue weighted by Gasteiger charge is 2.14. The van der Waals surface area contributed by atoms with E-state index in [-0.39, 0.29) is 11.6 Å². The fourth-order valence-electron chi connectivity index (χ4n) is 3.74. The van der Waals surface area contributed by atoms with Gasteiger partial charge in [0, 0.05) is 49.2 Å². The van der Waals surface area contributed by atoms with Crippen molar-refractivity contribution in [3.05, 3.63) is 78.6 Å². The van der Waals surface area contributed by atoms with Crippen LogP contribution in [-0.4, -0.2) is 47.4 Å². The summed E-state index contributed by atoms with van der Waals surface area (Å²) in [5.74, 6) is 0.357. The van der Waals surface area contributed by atoms with Gasteiger partial charge in [0.15, 0.2) is 0 Å². The number of rotatable bonds is 5. The molecule has 2 aromatic carbocycles. The molecule has 0 radical (unpaired) electrons. The Morgan fingerprint density at radius 1 is 0.971 bits per heavy atom. The minimum atomic E-state index is -0.397. The predicted octanol–water partition coefficient (Wildman–Crippen LogP) is 4.05. The normalized spacial score (nSPS) is 12.6. The molecule has 5 rings (SSSR count). The van der Waals surface area contributed by atoms with Crippen LogP contribution in [-0.2, 0) is 4.79 Å². The number of anilines is 2. The molecule has 1 saturated heterocycles. The molecular formula is C26H25FN6O2. The molecule has 0 unspecified atom stereocenters. The van der Waals surface area contributed by atoms with Crippen molar-refractivity contribution in [1.82, 2.24) is 20.3 Å². The number of nitrogens with zero attached hydrogens (tertiary/aromatic N) is 4. The van der Waals surface area contributed by atoms with E-state index < -0.39 is 5.91 Å². The summed E-state index contributed by atoms with van der Waals surface area (Å²) < 4.78 is 13.1. The average molecular weight is 473 g/mol. The number of carbonyl (C=O) groups is 2. The second-order valence-corrected chi connectivity index (χ2v) is 7.93. The summed E-state index contributed by atoms with van der Waals surface area (Å²) in [5, 5.41) is 6.04. The number of hydrogen-bond acceptors (Lipinski definition) is 6. The van der Waals surface area contributed by atoms with Crippen molar-refractivity contribution in [3.8, 4) is 11.1 Å². The molecule has 4 aromatic rings. The Labute approximate surface area is 202 Å². The van der Waals surface area contributed by atoms with Crippen LogP contribution in [0.25, 0.3) is 22.0 Å². The number of benzene rings is 2. The standard InChI is InChI=1S/C24H20FN5O.C2H5NO/c25-19-6-3-16(4-7-19)18-14-26-23(27-15-18)24(31)28-20-8-9-21-17(13-20)5-10-22(29-21)30-11-1-2-12-30;1-3-2-4/h3-10,13-15H,1-2,11-12H2,(H,28,31);2H,1H3,(H,3,4). The quantitative estimate of drug-likeness (QED) is 0.425. The fraction of sp³-hybridized carbons (Fsp3) is 0.192. The number of pyridine rings is 1. The lowest BCUT2D eigenvalue weighted by Crippen LogP contribution is -2.18. The van der Waals surface area contributed by atoms with E-state index in [0.717, 1.165) is 35.4 Å². The fourth-order valence-corrected chi connectivity index (χ4v) is 3.74. The van der Waals surface area contributed by atoms with E-state index in [1.165, 1.54) is 25.0 Å². The van der Waals surface area contributed by atoms with E-state index in [1.54, 1.807) is 31.6 Å². The summed E-state index contributed by atoms with van der Waals surface area (Å²) in [5.41, 5.74) is 3.03. The van der Waals surface area contributed by atoms with E-state index >= 15 is 0 Å². The van der Waals surface area contributed by atoms with Crippen LogP contribution < -0.4 is 15.5 Å². The van der Waals surface area contributed by atoms with E-state index in [1.807, 2.05) is 30.3 Å². The van der Waals surface area contributed by atoms with Crippen LogP contribution in [0.2, 0.25) is 0 Å².